The van der Waals surface area contributed by atoms with Gasteiger partial charge in [0.1, 0.15) is 18.0 Å². The van der Waals surface area contributed by atoms with Crippen LogP contribution in [0, 0.1) is 5.41 Å². The van der Waals surface area contributed by atoms with Gasteiger partial charge in [0.2, 0.25) is 5.91 Å². The van der Waals surface area contributed by atoms with E-state index in [-0.39, 0.29) is 41.9 Å². The number of ether oxygens (including phenoxy) is 1. The van der Waals surface area contributed by atoms with Crippen LogP contribution in [0.3, 0.4) is 0 Å². The average molecular weight is 442 g/mol. The number of aromatic nitrogens is 2. The number of alkyl halides is 3. The maximum absolute atomic E-state index is 12.9. The summed E-state index contributed by atoms with van der Waals surface area (Å²) in [4.78, 5) is 30.4. The molecule has 0 saturated heterocycles. The number of rotatable bonds is 4. The third-order valence-corrected chi connectivity index (χ3v) is 3.38. The van der Waals surface area contributed by atoms with Gasteiger partial charge in [-0.15, -0.1) is 24.8 Å². The van der Waals surface area contributed by atoms with E-state index in [0.717, 1.165) is 6.07 Å². The van der Waals surface area contributed by atoms with Crippen molar-refractivity contribution in [3.05, 3.63) is 47.5 Å². The molecule has 0 aliphatic carbocycles. The number of carbonyl (C=O) groups is 2. The number of nitrogens with zero attached hydrogens (tertiary/aromatic N) is 1. The van der Waals surface area contributed by atoms with Crippen LogP contribution in [0.1, 0.15) is 42.5 Å². The number of pyridine rings is 1. The Morgan fingerprint density at radius 2 is 1.86 bits per heavy atom. The van der Waals surface area contributed by atoms with E-state index in [9.17, 15) is 22.8 Å². The Hall–Kier alpha value is -2.26. The van der Waals surface area contributed by atoms with E-state index < -0.39 is 35.6 Å². The van der Waals surface area contributed by atoms with E-state index in [4.69, 9.17) is 4.74 Å². The summed E-state index contributed by atoms with van der Waals surface area (Å²) in [5.41, 5.74) is -1.79. The number of carbonyl (C=O) groups excluding carboxylic acids is 2. The first kappa shape index (κ1) is 25.7. The standard InChI is InChI=1S/C17H18F3N3O3.2ClH/c1-16(2,3)15(25)23-12-7-10(17(18,19)20)8-22-13(12)9-26-14(24)11-5-4-6-21-11;;/h4-8,21H,9H2,1-3H3,(H,23,25);2*1H. The second-order valence-corrected chi connectivity index (χ2v) is 6.58. The van der Waals surface area contributed by atoms with Crippen molar-refractivity contribution in [2.75, 3.05) is 5.32 Å². The molecule has 28 heavy (non-hydrogen) atoms. The molecular weight excluding hydrogens is 422 g/mol. The highest BCUT2D eigenvalue weighted by atomic mass is 35.5. The van der Waals surface area contributed by atoms with Crippen molar-refractivity contribution in [3.63, 3.8) is 0 Å². The number of H-pyrrole nitrogens is 1. The quantitative estimate of drug-likeness (QED) is 0.678. The van der Waals surface area contributed by atoms with Crippen molar-refractivity contribution in [2.24, 2.45) is 5.41 Å². The Labute approximate surface area is 172 Å². The Kier molecular flexibility index (Phi) is 9.00. The highest BCUT2D eigenvalue weighted by Gasteiger charge is 2.32. The molecule has 2 aromatic rings. The van der Waals surface area contributed by atoms with E-state index in [1.54, 1.807) is 26.8 Å². The van der Waals surface area contributed by atoms with Crippen molar-refractivity contribution < 1.29 is 27.5 Å². The Bertz CT molecular complexity index is 804. The molecule has 1 amide bonds. The van der Waals surface area contributed by atoms with Crippen molar-refractivity contribution in [3.8, 4) is 0 Å². The fraction of sp³-hybridized carbons (Fsp3) is 0.353. The predicted molar refractivity (Wildman–Crippen MR) is 102 cm³/mol. The monoisotopic (exact) mass is 441 g/mol. The lowest BCUT2D eigenvalue weighted by molar-refractivity contribution is -0.137. The second kappa shape index (κ2) is 9.79. The topological polar surface area (TPSA) is 84.1 Å². The molecule has 0 fully saturated rings. The van der Waals surface area contributed by atoms with Crippen LogP contribution in [0.25, 0.3) is 0 Å². The maximum Gasteiger partial charge on any atom is 0.417 e. The zero-order valence-electron chi connectivity index (χ0n) is 15.2. The van der Waals surface area contributed by atoms with Crippen LogP contribution in [0.2, 0.25) is 0 Å². The third-order valence-electron chi connectivity index (χ3n) is 3.38. The molecule has 2 N–H and O–H groups in total. The van der Waals surface area contributed by atoms with E-state index >= 15 is 0 Å². The summed E-state index contributed by atoms with van der Waals surface area (Å²) in [5.74, 6) is -1.18. The number of aromatic amines is 1. The van der Waals surface area contributed by atoms with Gasteiger partial charge in [0, 0.05) is 17.8 Å². The normalized spacial score (nSPS) is 11.1. The lowest BCUT2D eigenvalue weighted by Gasteiger charge is -2.20. The third kappa shape index (κ3) is 6.72. The average Bonchev–Trinajstić information content (AvgIpc) is 3.06. The highest BCUT2D eigenvalue weighted by molar-refractivity contribution is 5.95. The highest BCUT2D eigenvalue weighted by Crippen LogP contribution is 2.32. The number of hydrogen-bond acceptors (Lipinski definition) is 4. The predicted octanol–water partition coefficient (Wildman–Crippen LogP) is 4.61. The van der Waals surface area contributed by atoms with E-state index in [1.807, 2.05) is 0 Å². The minimum Gasteiger partial charge on any atom is -0.454 e. The van der Waals surface area contributed by atoms with Crippen LogP contribution in [-0.2, 0) is 22.3 Å². The van der Waals surface area contributed by atoms with Crippen molar-refractivity contribution in [2.45, 2.75) is 33.6 Å². The van der Waals surface area contributed by atoms with Gasteiger partial charge in [0.15, 0.2) is 0 Å². The first-order chi connectivity index (χ1) is 12.0. The van der Waals surface area contributed by atoms with E-state index in [2.05, 4.69) is 15.3 Å². The Morgan fingerprint density at radius 1 is 1.21 bits per heavy atom. The summed E-state index contributed by atoms with van der Waals surface area (Å²) in [5, 5.41) is 2.42. The van der Waals surface area contributed by atoms with Crippen molar-refractivity contribution in [1.29, 1.82) is 0 Å². The lowest BCUT2D eigenvalue weighted by atomic mass is 9.95. The molecule has 0 saturated carbocycles. The summed E-state index contributed by atoms with van der Waals surface area (Å²) >= 11 is 0. The molecule has 0 aromatic carbocycles. The maximum atomic E-state index is 12.9. The van der Waals surface area contributed by atoms with Gasteiger partial charge in [-0.1, -0.05) is 20.8 Å². The fourth-order valence-corrected chi connectivity index (χ4v) is 1.85. The first-order valence-corrected chi connectivity index (χ1v) is 7.66. The zero-order valence-corrected chi connectivity index (χ0v) is 16.8. The molecule has 0 atom stereocenters. The number of halogens is 5. The number of amides is 1. The molecule has 2 rings (SSSR count). The van der Waals surface area contributed by atoms with Gasteiger partial charge < -0.3 is 15.0 Å². The molecule has 0 spiro atoms. The molecule has 2 heterocycles. The SMILES string of the molecule is CC(C)(C)C(=O)Nc1cc(C(F)(F)F)cnc1COC(=O)c1ccc[nH]1.Cl.Cl. The molecule has 0 aliphatic rings. The number of hydrogen-bond donors (Lipinski definition) is 2. The molecular formula is C17H20Cl2F3N3O3. The fourth-order valence-electron chi connectivity index (χ4n) is 1.85. The van der Waals surface area contributed by atoms with Gasteiger partial charge >= 0.3 is 12.1 Å². The van der Waals surface area contributed by atoms with Crippen LogP contribution >= 0.6 is 24.8 Å². The molecule has 0 bridgehead atoms. The largest absolute Gasteiger partial charge is 0.454 e. The lowest BCUT2D eigenvalue weighted by Crippen LogP contribution is -2.28. The van der Waals surface area contributed by atoms with Gasteiger partial charge in [-0.3, -0.25) is 9.78 Å². The van der Waals surface area contributed by atoms with Crippen molar-refractivity contribution in [1.82, 2.24) is 9.97 Å². The zero-order chi connectivity index (χ0) is 19.5. The van der Waals surface area contributed by atoms with Gasteiger partial charge in [-0.05, 0) is 18.2 Å². The molecule has 0 aliphatic heterocycles. The van der Waals surface area contributed by atoms with Gasteiger partial charge in [0.25, 0.3) is 0 Å². The van der Waals surface area contributed by atoms with E-state index in [1.165, 1.54) is 12.3 Å². The molecule has 156 valence electrons. The summed E-state index contributed by atoms with van der Waals surface area (Å²) in [6.45, 7) is 4.46. The van der Waals surface area contributed by atoms with Crippen LogP contribution < -0.4 is 5.32 Å². The van der Waals surface area contributed by atoms with Crippen LogP contribution in [0.5, 0.6) is 0 Å². The summed E-state index contributed by atoms with van der Waals surface area (Å²) < 4.78 is 43.8. The summed E-state index contributed by atoms with van der Waals surface area (Å²) in [6, 6.07) is 3.86. The smallest absolute Gasteiger partial charge is 0.417 e. The van der Waals surface area contributed by atoms with Gasteiger partial charge in [-0.25, -0.2) is 4.79 Å². The van der Waals surface area contributed by atoms with Crippen LogP contribution in [-0.4, -0.2) is 21.8 Å². The number of nitrogens with one attached hydrogen (secondary N) is 2. The Morgan fingerprint density at radius 3 is 2.36 bits per heavy atom. The Balaban J connectivity index is 0.00000364. The minimum atomic E-state index is -4.62. The molecule has 6 nitrogen and oxygen atoms in total. The first-order valence-electron chi connectivity index (χ1n) is 7.66. The number of anilines is 1. The summed E-state index contributed by atoms with van der Waals surface area (Å²) in [6.07, 6.45) is -2.46. The second-order valence-electron chi connectivity index (χ2n) is 6.58. The van der Waals surface area contributed by atoms with Crippen LogP contribution in [0.4, 0.5) is 18.9 Å². The van der Waals surface area contributed by atoms with Gasteiger partial charge in [0.05, 0.1) is 11.3 Å². The summed E-state index contributed by atoms with van der Waals surface area (Å²) in [7, 11) is 0. The molecule has 0 unspecified atom stereocenters. The van der Waals surface area contributed by atoms with Crippen LogP contribution in [0.15, 0.2) is 30.6 Å². The molecule has 0 radical (unpaired) electrons. The molecule has 2 aromatic heterocycles. The van der Waals surface area contributed by atoms with Crippen molar-refractivity contribution >= 4 is 42.4 Å². The molecule has 11 heteroatoms. The minimum absolute atomic E-state index is 0. The van der Waals surface area contributed by atoms with E-state index in [0.29, 0.717) is 6.20 Å². The van der Waals surface area contributed by atoms with Gasteiger partial charge in [-0.2, -0.15) is 13.2 Å². The number of esters is 1.